The van der Waals surface area contributed by atoms with Crippen LogP contribution in [0.4, 0.5) is 0 Å². The maximum atomic E-state index is 10.6. The smallest absolute Gasteiger partial charge is 0.317 e. The largest absolute Gasteiger partial charge is 0.480 e. The van der Waals surface area contributed by atoms with Crippen molar-refractivity contribution in [1.29, 1.82) is 0 Å². The van der Waals surface area contributed by atoms with E-state index in [4.69, 9.17) is 9.84 Å². The fourth-order valence-corrected chi connectivity index (χ4v) is 1.69. The maximum Gasteiger partial charge on any atom is 0.317 e. The molecule has 1 rings (SSSR count). The fourth-order valence-electron chi connectivity index (χ4n) is 1.69. The Labute approximate surface area is 84.8 Å². The van der Waals surface area contributed by atoms with Gasteiger partial charge in [0.15, 0.2) is 0 Å². The summed E-state index contributed by atoms with van der Waals surface area (Å²) in [6.45, 7) is 6.63. The van der Waals surface area contributed by atoms with Gasteiger partial charge in [-0.1, -0.05) is 0 Å². The minimum Gasteiger partial charge on any atom is -0.480 e. The summed E-state index contributed by atoms with van der Waals surface area (Å²) in [6, 6.07) is 0.284. The minimum absolute atomic E-state index is 0.133. The maximum absolute atomic E-state index is 10.6. The topological polar surface area (TPSA) is 49.8 Å². The van der Waals surface area contributed by atoms with Crippen molar-refractivity contribution >= 4 is 5.97 Å². The Morgan fingerprint density at radius 1 is 1.64 bits per heavy atom. The van der Waals surface area contributed by atoms with Crippen LogP contribution in [-0.2, 0) is 9.53 Å². The Balaban J connectivity index is 2.37. The van der Waals surface area contributed by atoms with Crippen molar-refractivity contribution in [2.24, 2.45) is 5.92 Å². The van der Waals surface area contributed by atoms with Gasteiger partial charge in [-0.05, 0) is 26.2 Å². The molecule has 1 aliphatic heterocycles. The second kappa shape index (κ2) is 5.32. The zero-order chi connectivity index (χ0) is 10.6. The van der Waals surface area contributed by atoms with Gasteiger partial charge in [0.1, 0.15) is 0 Å². The minimum atomic E-state index is -0.752. The summed E-state index contributed by atoms with van der Waals surface area (Å²) in [6.07, 6.45) is 1.06. The van der Waals surface area contributed by atoms with Crippen LogP contribution >= 0.6 is 0 Å². The second-order valence-corrected chi connectivity index (χ2v) is 4.15. The van der Waals surface area contributed by atoms with E-state index in [1.54, 1.807) is 0 Å². The molecule has 0 aromatic rings. The molecule has 0 aromatic carbocycles. The second-order valence-electron chi connectivity index (χ2n) is 4.15. The molecule has 0 aromatic heterocycles. The van der Waals surface area contributed by atoms with Gasteiger partial charge >= 0.3 is 5.97 Å². The molecule has 0 radical (unpaired) electrons. The van der Waals surface area contributed by atoms with Crippen LogP contribution in [0.5, 0.6) is 0 Å². The molecule has 1 atom stereocenters. The number of carboxylic acids is 1. The number of ether oxygens (including phenoxy) is 1. The monoisotopic (exact) mass is 201 g/mol. The SMILES string of the molecule is CC(C)N(CC(=O)O)CC1CCOC1. The summed E-state index contributed by atoms with van der Waals surface area (Å²) in [5, 5.41) is 8.73. The van der Waals surface area contributed by atoms with E-state index in [0.29, 0.717) is 5.92 Å². The summed E-state index contributed by atoms with van der Waals surface area (Å²) >= 11 is 0. The molecule has 0 amide bonds. The van der Waals surface area contributed by atoms with Gasteiger partial charge in [-0.25, -0.2) is 0 Å². The number of hydrogen-bond acceptors (Lipinski definition) is 3. The number of carbonyl (C=O) groups is 1. The molecule has 1 heterocycles. The van der Waals surface area contributed by atoms with E-state index in [1.165, 1.54) is 0 Å². The van der Waals surface area contributed by atoms with E-state index in [2.05, 4.69) is 0 Å². The van der Waals surface area contributed by atoms with E-state index in [0.717, 1.165) is 26.2 Å². The molecule has 0 saturated carbocycles. The molecule has 1 N–H and O–H groups in total. The third-order valence-electron chi connectivity index (χ3n) is 2.59. The van der Waals surface area contributed by atoms with Gasteiger partial charge in [0.2, 0.25) is 0 Å². The molecule has 14 heavy (non-hydrogen) atoms. The van der Waals surface area contributed by atoms with E-state index < -0.39 is 5.97 Å². The first-order valence-electron chi connectivity index (χ1n) is 5.13. The first kappa shape index (κ1) is 11.5. The van der Waals surface area contributed by atoms with Crippen LogP contribution in [0.3, 0.4) is 0 Å². The van der Waals surface area contributed by atoms with Gasteiger partial charge in [0.25, 0.3) is 0 Å². The number of nitrogens with zero attached hydrogens (tertiary/aromatic N) is 1. The Bertz CT molecular complexity index is 188. The highest BCUT2D eigenvalue weighted by atomic mass is 16.5. The summed E-state index contributed by atoms with van der Waals surface area (Å²) in [5.41, 5.74) is 0. The van der Waals surface area contributed by atoms with Crippen molar-refractivity contribution in [2.45, 2.75) is 26.3 Å². The fraction of sp³-hybridized carbons (Fsp3) is 0.900. The highest BCUT2D eigenvalue weighted by Gasteiger charge is 2.21. The van der Waals surface area contributed by atoms with Crippen molar-refractivity contribution in [3.63, 3.8) is 0 Å². The van der Waals surface area contributed by atoms with E-state index in [9.17, 15) is 4.79 Å². The lowest BCUT2D eigenvalue weighted by atomic mass is 10.1. The van der Waals surface area contributed by atoms with Gasteiger partial charge in [0, 0.05) is 19.2 Å². The van der Waals surface area contributed by atoms with Gasteiger partial charge < -0.3 is 9.84 Å². The third kappa shape index (κ3) is 3.64. The van der Waals surface area contributed by atoms with Crippen molar-refractivity contribution in [3.05, 3.63) is 0 Å². The molecular formula is C10H19NO3. The molecule has 4 heteroatoms. The summed E-state index contributed by atoms with van der Waals surface area (Å²) < 4.78 is 5.27. The van der Waals surface area contributed by atoms with E-state index in [-0.39, 0.29) is 12.6 Å². The molecular weight excluding hydrogens is 182 g/mol. The molecule has 1 saturated heterocycles. The lowest BCUT2D eigenvalue weighted by molar-refractivity contribution is -0.139. The number of carboxylic acid groups (broad SMARTS) is 1. The van der Waals surface area contributed by atoms with Gasteiger partial charge in [0.05, 0.1) is 13.2 Å². The summed E-state index contributed by atoms with van der Waals surface area (Å²) in [4.78, 5) is 12.6. The molecule has 1 fully saturated rings. The highest BCUT2D eigenvalue weighted by molar-refractivity contribution is 5.69. The van der Waals surface area contributed by atoms with Gasteiger partial charge in [-0.15, -0.1) is 0 Å². The average Bonchev–Trinajstić information content (AvgIpc) is 2.54. The first-order valence-corrected chi connectivity index (χ1v) is 5.13. The van der Waals surface area contributed by atoms with Crippen LogP contribution in [0.25, 0.3) is 0 Å². The van der Waals surface area contributed by atoms with Crippen LogP contribution in [0, 0.1) is 5.92 Å². The number of hydrogen-bond donors (Lipinski definition) is 1. The van der Waals surface area contributed by atoms with Crippen molar-refractivity contribution < 1.29 is 14.6 Å². The Morgan fingerprint density at radius 3 is 2.79 bits per heavy atom. The molecule has 4 nitrogen and oxygen atoms in total. The first-order chi connectivity index (χ1) is 6.59. The molecule has 0 spiro atoms. The van der Waals surface area contributed by atoms with Gasteiger partial charge in [-0.2, -0.15) is 0 Å². The average molecular weight is 201 g/mol. The standard InChI is InChI=1S/C10H19NO3/c1-8(2)11(6-10(12)13)5-9-3-4-14-7-9/h8-9H,3-7H2,1-2H3,(H,12,13). The van der Waals surface area contributed by atoms with Crippen LogP contribution in [-0.4, -0.2) is 48.3 Å². The quantitative estimate of drug-likeness (QED) is 0.715. The molecule has 0 aliphatic carbocycles. The normalized spacial score (nSPS) is 22.1. The lowest BCUT2D eigenvalue weighted by Gasteiger charge is -2.26. The van der Waals surface area contributed by atoms with Crippen LogP contribution < -0.4 is 0 Å². The predicted octanol–water partition coefficient (Wildman–Crippen LogP) is 0.818. The molecule has 1 aliphatic rings. The van der Waals surface area contributed by atoms with Crippen LogP contribution in [0.2, 0.25) is 0 Å². The Kier molecular flexibility index (Phi) is 4.35. The van der Waals surface area contributed by atoms with Gasteiger partial charge in [-0.3, -0.25) is 9.69 Å². The van der Waals surface area contributed by atoms with E-state index >= 15 is 0 Å². The lowest BCUT2D eigenvalue weighted by Crippen LogP contribution is -2.39. The van der Waals surface area contributed by atoms with Crippen molar-refractivity contribution in [2.75, 3.05) is 26.3 Å². The van der Waals surface area contributed by atoms with Crippen molar-refractivity contribution in [3.8, 4) is 0 Å². The van der Waals surface area contributed by atoms with Crippen molar-refractivity contribution in [1.82, 2.24) is 4.90 Å². The number of rotatable bonds is 5. The molecule has 1 unspecified atom stereocenters. The summed E-state index contributed by atoms with van der Waals surface area (Å²) in [7, 11) is 0. The summed E-state index contributed by atoms with van der Waals surface area (Å²) in [5.74, 6) is -0.241. The van der Waals surface area contributed by atoms with E-state index in [1.807, 2.05) is 18.7 Å². The zero-order valence-corrected chi connectivity index (χ0v) is 8.90. The Hall–Kier alpha value is -0.610. The predicted molar refractivity (Wildman–Crippen MR) is 53.3 cm³/mol. The van der Waals surface area contributed by atoms with Crippen LogP contribution in [0.15, 0.2) is 0 Å². The zero-order valence-electron chi connectivity index (χ0n) is 8.90. The Morgan fingerprint density at radius 2 is 2.36 bits per heavy atom. The van der Waals surface area contributed by atoms with Crippen LogP contribution in [0.1, 0.15) is 20.3 Å². The number of aliphatic carboxylic acids is 1. The third-order valence-corrected chi connectivity index (χ3v) is 2.59. The highest BCUT2D eigenvalue weighted by Crippen LogP contribution is 2.15. The molecule has 82 valence electrons. The molecule has 0 bridgehead atoms.